The van der Waals surface area contributed by atoms with Crippen LogP contribution < -0.4 is 5.73 Å². The van der Waals surface area contributed by atoms with Crippen LogP contribution in [0, 0.1) is 5.41 Å². The first-order valence-corrected chi connectivity index (χ1v) is 11.9. The average Bonchev–Trinajstić information content (AvgIpc) is 2.56. The van der Waals surface area contributed by atoms with Crippen LogP contribution in [0.2, 0.25) is 0 Å². The van der Waals surface area contributed by atoms with Crippen LogP contribution in [0.5, 0.6) is 0 Å². The maximum Gasteiger partial charge on any atom is 0.469 e. The summed E-state index contributed by atoms with van der Waals surface area (Å²) in [6.07, 6.45) is 19.9. The zero-order chi connectivity index (χ0) is 19.9. The first kappa shape index (κ1) is 25.8. The van der Waals surface area contributed by atoms with Gasteiger partial charge in [-0.2, -0.15) is 0 Å². The van der Waals surface area contributed by atoms with Gasteiger partial charge in [0.25, 0.3) is 0 Å². The highest BCUT2D eigenvalue weighted by Gasteiger charge is 2.26. The summed E-state index contributed by atoms with van der Waals surface area (Å²) >= 11 is 0. The number of allylic oxidation sites excluding steroid dienone is 1. The van der Waals surface area contributed by atoms with Crippen molar-refractivity contribution in [1.82, 2.24) is 0 Å². The van der Waals surface area contributed by atoms with Gasteiger partial charge in [-0.05, 0) is 18.3 Å². The van der Waals surface area contributed by atoms with Crippen molar-refractivity contribution >= 4 is 7.82 Å². The molecule has 0 aromatic rings. The molecule has 0 saturated heterocycles. The molecule has 6 heteroatoms. The third kappa shape index (κ3) is 16.0. The molecule has 0 aliphatic heterocycles. The maximum atomic E-state index is 10.7. The summed E-state index contributed by atoms with van der Waals surface area (Å²) < 4.78 is 15.3. The van der Waals surface area contributed by atoms with Crippen molar-refractivity contribution in [1.29, 1.82) is 0 Å². The Balaban J connectivity index is 3.65. The van der Waals surface area contributed by atoms with E-state index in [1.807, 2.05) is 19.9 Å². The molecule has 0 aliphatic rings. The Labute approximate surface area is 161 Å². The van der Waals surface area contributed by atoms with Gasteiger partial charge in [0.2, 0.25) is 0 Å². The molecule has 0 amide bonds. The number of nitrogens with two attached hydrogens (primary N) is 1. The SMILES string of the molecule is CCCCCCCCCCCCC/C=C\C(C)(C)[C@@H](N)COP(=O)(O)O. The molecule has 0 fully saturated rings. The molecule has 0 aromatic carbocycles. The molecule has 0 radical (unpaired) electrons. The fraction of sp³-hybridized carbons (Fsp3) is 0.900. The second-order valence-corrected chi connectivity index (χ2v) is 9.18. The minimum atomic E-state index is -4.45. The van der Waals surface area contributed by atoms with Crippen LogP contribution in [0.4, 0.5) is 0 Å². The molecule has 5 nitrogen and oxygen atoms in total. The molecule has 0 spiro atoms. The van der Waals surface area contributed by atoms with E-state index in [4.69, 9.17) is 15.5 Å². The molecule has 0 rings (SSSR count). The number of phosphoric acid groups is 1. The molecule has 1 atom stereocenters. The fourth-order valence-electron chi connectivity index (χ4n) is 2.83. The number of phosphoric ester groups is 1. The van der Waals surface area contributed by atoms with Crippen LogP contribution >= 0.6 is 7.82 Å². The summed E-state index contributed by atoms with van der Waals surface area (Å²) in [5, 5.41) is 0. The zero-order valence-corrected chi connectivity index (χ0v) is 18.1. The van der Waals surface area contributed by atoms with Crippen molar-refractivity contribution in [3.8, 4) is 0 Å². The molecule has 0 aromatic heterocycles. The summed E-state index contributed by atoms with van der Waals surface area (Å²) in [5.41, 5.74) is 5.63. The van der Waals surface area contributed by atoms with Crippen molar-refractivity contribution in [3.63, 3.8) is 0 Å². The second kappa shape index (κ2) is 14.8. The number of hydrogen-bond donors (Lipinski definition) is 3. The van der Waals surface area contributed by atoms with Crippen LogP contribution in [0.1, 0.15) is 97.8 Å². The van der Waals surface area contributed by atoms with Gasteiger partial charge in [0, 0.05) is 6.04 Å². The Bertz CT molecular complexity index is 407. The minimum absolute atomic E-state index is 0.153. The second-order valence-electron chi connectivity index (χ2n) is 7.94. The van der Waals surface area contributed by atoms with E-state index in [0.29, 0.717) is 0 Å². The summed E-state index contributed by atoms with van der Waals surface area (Å²) in [5.74, 6) is 0. The zero-order valence-electron chi connectivity index (χ0n) is 17.2. The van der Waals surface area contributed by atoms with Crippen LogP contribution in [-0.4, -0.2) is 22.4 Å². The quantitative estimate of drug-likeness (QED) is 0.168. The van der Waals surface area contributed by atoms with Gasteiger partial charge >= 0.3 is 7.82 Å². The molecule has 0 saturated carbocycles. The van der Waals surface area contributed by atoms with E-state index in [-0.39, 0.29) is 12.0 Å². The molecule has 26 heavy (non-hydrogen) atoms. The van der Waals surface area contributed by atoms with E-state index in [0.717, 1.165) is 6.42 Å². The third-order valence-corrected chi connectivity index (χ3v) is 5.39. The van der Waals surface area contributed by atoms with E-state index in [1.165, 1.54) is 70.6 Å². The Hall–Kier alpha value is -0.190. The molecule has 0 heterocycles. The van der Waals surface area contributed by atoms with Gasteiger partial charge in [0.15, 0.2) is 0 Å². The van der Waals surface area contributed by atoms with E-state index in [2.05, 4.69) is 17.5 Å². The topological polar surface area (TPSA) is 92.8 Å². The monoisotopic (exact) mass is 391 g/mol. The Morgan fingerprint density at radius 3 is 1.88 bits per heavy atom. The molecule has 156 valence electrons. The fourth-order valence-corrected chi connectivity index (χ4v) is 3.18. The number of rotatable bonds is 17. The van der Waals surface area contributed by atoms with Crippen LogP contribution in [0.3, 0.4) is 0 Å². The third-order valence-electron chi connectivity index (χ3n) is 4.90. The predicted octanol–water partition coefficient (Wildman–Crippen LogP) is 5.71. The van der Waals surface area contributed by atoms with E-state index >= 15 is 0 Å². The van der Waals surface area contributed by atoms with Crippen LogP contribution in [0.25, 0.3) is 0 Å². The smallest absolute Gasteiger partial charge is 0.325 e. The van der Waals surface area contributed by atoms with Crippen molar-refractivity contribution in [3.05, 3.63) is 12.2 Å². The number of unbranched alkanes of at least 4 members (excludes halogenated alkanes) is 11. The van der Waals surface area contributed by atoms with Crippen molar-refractivity contribution in [2.24, 2.45) is 11.1 Å². The van der Waals surface area contributed by atoms with Crippen molar-refractivity contribution in [2.75, 3.05) is 6.61 Å². The lowest BCUT2D eigenvalue weighted by atomic mass is 9.84. The summed E-state index contributed by atoms with van der Waals surface area (Å²) in [4.78, 5) is 17.5. The lowest BCUT2D eigenvalue weighted by Gasteiger charge is -2.28. The average molecular weight is 392 g/mol. The normalized spacial score (nSPS) is 14.2. The van der Waals surface area contributed by atoms with Gasteiger partial charge in [-0.3, -0.25) is 4.52 Å². The standard InChI is InChI=1S/C20H42NO4P/c1-4-5-6-7-8-9-10-11-12-13-14-15-16-17-20(2,3)19(21)18-25-26(22,23)24/h16-17,19H,4-15,18,21H2,1-3H3,(H2,22,23,24)/b17-16-/t19-/m0/s1. The highest BCUT2D eigenvalue weighted by Crippen LogP contribution is 2.37. The van der Waals surface area contributed by atoms with Crippen molar-refractivity contribution in [2.45, 2.75) is 104 Å². The van der Waals surface area contributed by atoms with Gasteiger partial charge in [-0.15, -0.1) is 0 Å². The molecular formula is C20H42NO4P. The Morgan fingerprint density at radius 1 is 0.962 bits per heavy atom. The molecule has 0 unspecified atom stereocenters. The van der Waals surface area contributed by atoms with Gasteiger partial charge in [-0.25, -0.2) is 4.57 Å². The van der Waals surface area contributed by atoms with Crippen LogP contribution in [0.15, 0.2) is 12.2 Å². The van der Waals surface area contributed by atoms with Gasteiger partial charge in [-0.1, -0.05) is 97.1 Å². The van der Waals surface area contributed by atoms with Gasteiger partial charge in [0.1, 0.15) is 0 Å². The highest BCUT2D eigenvalue weighted by molar-refractivity contribution is 7.46. The van der Waals surface area contributed by atoms with Crippen molar-refractivity contribution < 1.29 is 18.9 Å². The molecule has 4 N–H and O–H groups in total. The largest absolute Gasteiger partial charge is 0.469 e. The lowest BCUT2D eigenvalue weighted by molar-refractivity contribution is 0.161. The summed E-state index contributed by atoms with van der Waals surface area (Å²) in [7, 11) is -4.45. The van der Waals surface area contributed by atoms with Crippen LogP contribution in [-0.2, 0) is 9.09 Å². The molecule has 0 aliphatic carbocycles. The summed E-state index contributed by atoms with van der Waals surface area (Å²) in [6, 6.07) is -0.455. The van der Waals surface area contributed by atoms with E-state index < -0.39 is 13.9 Å². The summed E-state index contributed by atoms with van der Waals surface area (Å²) in [6.45, 7) is 6.01. The minimum Gasteiger partial charge on any atom is -0.325 e. The van der Waals surface area contributed by atoms with Gasteiger partial charge in [0.05, 0.1) is 6.61 Å². The Kier molecular flexibility index (Phi) is 14.7. The van der Waals surface area contributed by atoms with E-state index in [9.17, 15) is 4.57 Å². The lowest BCUT2D eigenvalue weighted by Crippen LogP contribution is -2.39. The number of hydrogen-bond acceptors (Lipinski definition) is 3. The first-order valence-electron chi connectivity index (χ1n) is 10.3. The maximum absolute atomic E-state index is 10.7. The first-order chi connectivity index (χ1) is 12.2. The van der Waals surface area contributed by atoms with Gasteiger partial charge < -0.3 is 15.5 Å². The predicted molar refractivity (Wildman–Crippen MR) is 110 cm³/mol. The molecular weight excluding hydrogens is 349 g/mol. The molecule has 0 bridgehead atoms. The highest BCUT2D eigenvalue weighted by atomic mass is 31.2. The Morgan fingerprint density at radius 2 is 1.42 bits per heavy atom. The van der Waals surface area contributed by atoms with E-state index in [1.54, 1.807) is 0 Å².